The average molecular weight is 233 g/mol. The van der Waals surface area contributed by atoms with Crippen LogP contribution < -0.4 is 10.5 Å². The zero-order valence-electron chi connectivity index (χ0n) is 10.0. The summed E-state index contributed by atoms with van der Waals surface area (Å²) in [5.74, 6) is 1.14. The van der Waals surface area contributed by atoms with Crippen LogP contribution in [0.15, 0.2) is 12.3 Å². The fraction of sp³-hybridized carbons (Fsp3) is 0.250. The first kappa shape index (κ1) is 11.3. The first-order valence-electron chi connectivity index (χ1n) is 5.22. The third-order valence-corrected chi connectivity index (χ3v) is 2.86. The topological polar surface area (TPSA) is 84.2 Å². The molecule has 4 N–H and O–H groups in total. The van der Waals surface area contributed by atoms with Gasteiger partial charge in [-0.2, -0.15) is 5.10 Å². The van der Waals surface area contributed by atoms with Crippen molar-refractivity contribution in [2.75, 3.05) is 12.8 Å². The number of nitrogen functional groups attached to an aromatic ring is 1. The minimum absolute atomic E-state index is 0.163. The number of phenolic OH excluding ortho intramolecular Hbond substituents is 1. The van der Waals surface area contributed by atoms with Gasteiger partial charge in [0.15, 0.2) is 11.5 Å². The molecule has 1 aromatic heterocycles. The van der Waals surface area contributed by atoms with E-state index in [9.17, 15) is 5.11 Å². The van der Waals surface area contributed by atoms with E-state index in [1.165, 1.54) is 7.11 Å². The van der Waals surface area contributed by atoms with Crippen LogP contribution in [0.2, 0.25) is 0 Å². The molecule has 1 aromatic carbocycles. The summed E-state index contributed by atoms with van der Waals surface area (Å²) < 4.78 is 5.21. The monoisotopic (exact) mass is 233 g/mol. The molecule has 5 heteroatoms. The molecule has 0 aliphatic carbocycles. The number of benzene rings is 1. The van der Waals surface area contributed by atoms with Crippen LogP contribution in [0.4, 0.5) is 5.82 Å². The highest BCUT2D eigenvalue weighted by Crippen LogP contribution is 2.40. The van der Waals surface area contributed by atoms with Crippen molar-refractivity contribution in [2.45, 2.75) is 13.8 Å². The van der Waals surface area contributed by atoms with Crippen molar-refractivity contribution in [3.63, 3.8) is 0 Å². The second-order valence-corrected chi connectivity index (χ2v) is 3.95. The Morgan fingerprint density at radius 1 is 1.35 bits per heavy atom. The Hall–Kier alpha value is -2.17. The maximum atomic E-state index is 9.89. The zero-order valence-corrected chi connectivity index (χ0v) is 10.0. The van der Waals surface area contributed by atoms with Crippen LogP contribution in [0.1, 0.15) is 11.1 Å². The van der Waals surface area contributed by atoms with Crippen LogP contribution in [0.5, 0.6) is 11.5 Å². The number of ether oxygens (including phenoxy) is 1. The summed E-state index contributed by atoms with van der Waals surface area (Å²) in [5, 5.41) is 16.5. The number of nitrogens with one attached hydrogen (secondary N) is 1. The van der Waals surface area contributed by atoms with E-state index in [-0.39, 0.29) is 5.75 Å². The molecule has 0 fully saturated rings. The van der Waals surface area contributed by atoms with Crippen LogP contribution in [0.25, 0.3) is 11.1 Å². The zero-order chi connectivity index (χ0) is 12.6. The van der Waals surface area contributed by atoms with Crippen LogP contribution in [0, 0.1) is 13.8 Å². The number of anilines is 1. The Bertz CT molecular complexity index is 561. The van der Waals surface area contributed by atoms with Gasteiger partial charge in [-0.15, -0.1) is 0 Å². The molecule has 1 heterocycles. The average Bonchev–Trinajstić information content (AvgIpc) is 2.71. The summed E-state index contributed by atoms with van der Waals surface area (Å²) in [6.07, 6.45) is 1.66. The Morgan fingerprint density at radius 2 is 2.06 bits per heavy atom. The smallest absolute Gasteiger partial charge is 0.164 e. The van der Waals surface area contributed by atoms with E-state index < -0.39 is 0 Å². The van der Waals surface area contributed by atoms with E-state index in [4.69, 9.17) is 10.5 Å². The predicted octanol–water partition coefficient (Wildman–Crippen LogP) is 1.99. The fourth-order valence-corrected chi connectivity index (χ4v) is 1.91. The van der Waals surface area contributed by atoms with Crippen molar-refractivity contribution in [3.05, 3.63) is 23.4 Å². The fourth-order valence-electron chi connectivity index (χ4n) is 1.91. The van der Waals surface area contributed by atoms with Gasteiger partial charge in [-0.05, 0) is 31.0 Å². The van der Waals surface area contributed by atoms with Crippen LogP contribution in [0.3, 0.4) is 0 Å². The predicted molar refractivity (Wildman–Crippen MR) is 66.1 cm³/mol. The maximum Gasteiger partial charge on any atom is 0.164 e. The van der Waals surface area contributed by atoms with Gasteiger partial charge in [0.05, 0.1) is 13.3 Å². The summed E-state index contributed by atoms with van der Waals surface area (Å²) >= 11 is 0. The highest BCUT2D eigenvalue weighted by atomic mass is 16.5. The van der Waals surface area contributed by atoms with Crippen molar-refractivity contribution < 1.29 is 9.84 Å². The van der Waals surface area contributed by atoms with Crippen molar-refractivity contribution in [3.8, 4) is 22.6 Å². The lowest BCUT2D eigenvalue weighted by Crippen LogP contribution is -1.95. The van der Waals surface area contributed by atoms with Gasteiger partial charge in [0, 0.05) is 11.1 Å². The second kappa shape index (κ2) is 4.01. The molecular weight excluding hydrogens is 218 g/mol. The number of nitrogens with two attached hydrogens (primary N) is 1. The second-order valence-electron chi connectivity index (χ2n) is 3.95. The molecule has 17 heavy (non-hydrogen) atoms. The van der Waals surface area contributed by atoms with Crippen molar-refractivity contribution in [2.24, 2.45) is 0 Å². The van der Waals surface area contributed by atoms with E-state index in [1.54, 1.807) is 6.20 Å². The van der Waals surface area contributed by atoms with E-state index in [1.807, 2.05) is 19.9 Å². The molecule has 0 saturated carbocycles. The number of aryl methyl sites for hydroxylation is 1. The Balaban J connectivity index is 2.72. The van der Waals surface area contributed by atoms with Crippen molar-refractivity contribution in [1.29, 1.82) is 0 Å². The molecule has 0 aliphatic rings. The minimum Gasteiger partial charge on any atom is -0.504 e. The molecule has 5 nitrogen and oxygen atoms in total. The Labute approximate surface area is 99.2 Å². The van der Waals surface area contributed by atoms with Gasteiger partial charge in [0.1, 0.15) is 5.82 Å². The normalized spacial score (nSPS) is 10.5. The number of rotatable bonds is 2. The van der Waals surface area contributed by atoms with E-state index in [0.29, 0.717) is 11.6 Å². The standard InChI is InChI=1S/C12H15N3O2/c1-6-4-8(9-5-14-15-12(9)13)7(2)11(17-3)10(6)16/h4-5,16H,1-3H3,(H3,13,14,15). The van der Waals surface area contributed by atoms with Gasteiger partial charge in [-0.1, -0.05) is 0 Å². The lowest BCUT2D eigenvalue weighted by atomic mass is 9.98. The first-order chi connectivity index (χ1) is 8.06. The van der Waals surface area contributed by atoms with Gasteiger partial charge in [0.2, 0.25) is 0 Å². The van der Waals surface area contributed by atoms with Gasteiger partial charge in [-0.25, -0.2) is 0 Å². The highest BCUT2D eigenvalue weighted by molar-refractivity contribution is 5.79. The Kier molecular flexibility index (Phi) is 2.67. The molecular formula is C12H15N3O2. The van der Waals surface area contributed by atoms with Gasteiger partial charge in [-0.3, -0.25) is 5.10 Å². The van der Waals surface area contributed by atoms with E-state index in [2.05, 4.69) is 10.2 Å². The third-order valence-electron chi connectivity index (χ3n) is 2.86. The number of nitrogens with zero attached hydrogens (tertiary/aromatic N) is 1. The number of hydrogen-bond donors (Lipinski definition) is 3. The van der Waals surface area contributed by atoms with E-state index in [0.717, 1.165) is 22.3 Å². The summed E-state index contributed by atoms with van der Waals surface area (Å²) in [7, 11) is 1.53. The lowest BCUT2D eigenvalue weighted by molar-refractivity contribution is 0.369. The van der Waals surface area contributed by atoms with Crippen LogP contribution >= 0.6 is 0 Å². The largest absolute Gasteiger partial charge is 0.504 e. The summed E-state index contributed by atoms with van der Waals surface area (Å²) in [5.41, 5.74) is 9.09. The SMILES string of the molecule is COc1c(C)c(-c2cn[nH]c2N)cc(C)c1O. The third kappa shape index (κ3) is 1.69. The molecule has 0 spiro atoms. The number of aromatic nitrogens is 2. The summed E-state index contributed by atoms with van der Waals surface area (Å²) in [6, 6.07) is 1.87. The highest BCUT2D eigenvalue weighted by Gasteiger charge is 2.16. The van der Waals surface area contributed by atoms with Crippen molar-refractivity contribution in [1.82, 2.24) is 10.2 Å². The quantitative estimate of drug-likeness (QED) is 0.740. The van der Waals surface area contributed by atoms with E-state index >= 15 is 0 Å². The number of aromatic hydroxyl groups is 1. The maximum absolute atomic E-state index is 9.89. The molecule has 0 radical (unpaired) electrons. The Morgan fingerprint density at radius 3 is 2.59 bits per heavy atom. The molecule has 0 atom stereocenters. The number of hydrogen-bond acceptors (Lipinski definition) is 4. The molecule has 0 saturated heterocycles. The number of methoxy groups -OCH3 is 1. The summed E-state index contributed by atoms with van der Waals surface area (Å²) in [4.78, 5) is 0. The number of phenols is 1. The van der Waals surface area contributed by atoms with Crippen molar-refractivity contribution >= 4 is 5.82 Å². The minimum atomic E-state index is 0.163. The lowest BCUT2D eigenvalue weighted by Gasteiger charge is -2.14. The molecule has 2 rings (SSSR count). The van der Waals surface area contributed by atoms with Gasteiger partial charge in [0.25, 0.3) is 0 Å². The summed E-state index contributed by atoms with van der Waals surface area (Å²) in [6.45, 7) is 3.69. The molecule has 90 valence electrons. The number of H-pyrrole nitrogens is 1. The number of aromatic amines is 1. The molecule has 0 unspecified atom stereocenters. The first-order valence-corrected chi connectivity index (χ1v) is 5.22. The van der Waals surface area contributed by atoms with Gasteiger partial charge >= 0.3 is 0 Å². The molecule has 0 aliphatic heterocycles. The molecule has 2 aromatic rings. The van der Waals surface area contributed by atoms with Gasteiger partial charge < -0.3 is 15.6 Å². The van der Waals surface area contributed by atoms with Crippen LogP contribution in [-0.2, 0) is 0 Å². The van der Waals surface area contributed by atoms with Crippen LogP contribution in [-0.4, -0.2) is 22.4 Å². The molecule has 0 bridgehead atoms. The molecule has 0 amide bonds.